The number of nitriles is 1. The van der Waals surface area contributed by atoms with E-state index in [-0.39, 0.29) is 0 Å². The Balaban J connectivity index is 2.36. The summed E-state index contributed by atoms with van der Waals surface area (Å²) in [5.74, 6) is -2.76. The SMILES string of the molecule is Cc1ccc(C#N)cc1NC(=O)c1c(F)cccc1F. The molecule has 2 rings (SSSR count). The van der Waals surface area contributed by atoms with Gasteiger partial charge in [-0.05, 0) is 36.8 Å². The summed E-state index contributed by atoms with van der Waals surface area (Å²) in [5, 5.41) is 11.2. The lowest BCUT2D eigenvalue weighted by Gasteiger charge is -2.09. The maximum Gasteiger partial charge on any atom is 0.261 e. The van der Waals surface area contributed by atoms with Crippen molar-refractivity contribution in [1.82, 2.24) is 0 Å². The molecule has 0 heterocycles. The molecule has 0 aromatic heterocycles. The normalized spacial score (nSPS) is 9.90. The Bertz CT molecular complexity index is 700. The molecule has 0 aliphatic heterocycles. The first kappa shape index (κ1) is 13.7. The average molecular weight is 272 g/mol. The fourth-order valence-corrected chi connectivity index (χ4v) is 1.73. The number of rotatable bonds is 2. The standard InChI is InChI=1S/C15H10F2N2O/c1-9-5-6-10(8-18)7-13(9)19-15(20)14-11(16)3-2-4-12(14)17/h2-7H,1H3,(H,19,20). The van der Waals surface area contributed by atoms with E-state index in [2.05, 4.69) is 5.32 Å². The van der Waals surface area contributed by atoms with Crippen LogP contribution in [0.4, 0.5) is 14.5 Å². The van der Waals surface area contributed by atoms with Crippen LogP contribution in [0.15, 0.2) is 36.4 Å². The second-order valence-corrected chi connectivity index (χ2v) is 4.19. The monoisotopic (exact) mass is 272 g/mol. The van der Waals surface area contributed by atoms with Crippen molar-refractivity contribution >= 4 is 11.6 Å². The molecule has 100 valence electrons. The molecule has 3 nitrogen and oxygen atoms in total. The molecule has 0 spiro atoms. The van der Waals surface area contributed by atoms with E-state index >= 15 is 0 Å². The average Bonchev–Trinajstić information content (AvgIpc) is 2.41. The largest absolute Gasteiger partial charge is 0.322 e. The molecule has 0 saturated carbocycles. The van der Waals surface area contributed by atoms with E-state index in [1.54, 1.807) is 19.1 Å². The number of hydrogen-bond donors (Lipinski definition) is 1. The van der Waals surface area contributed by atoms with Crippen LogP contribution >= 0.6 is 0 Å². The van der Waals surface area contributed by atoms with Crippen LogP contribution in [0, 0.1) is 29.9 Å². The van der Waals surface area contributed by atoms with E-state index in [0.717, 1.165) is 12.1 Å². The molecule has 5 heteroatoms. The highest BCUT2D eigenvalue weighted by Gasteiger charge is 2.17. The summed E-state index contributed by atoms with van der Waals surface area (Å²) < 4.78 is 27.0. The second kappa shape index (κ2) is 5.49. The van der Waals surface area contributed by atoms with Crippen molar-refractivity contribution in [2.45, 2.75) is 6.92 Å². The van der Waals surface area contributed by atoms with E-state index in [1.807, 2.05) is 6.07 Å². The Hall–Kier alpha value is -2.74. The van der Waals surface area contributed by atoms with Crippen molar-refractivity contribution in [2.75, 3.05) is 5.32 Å². The maximum atomic E-state index is 13.5. The molecule has 0 aliphatic carbocycles. The van der Waals surface area contributed by atoms with Gasteiger partial charge in [0.1, 0.15) is 17.2 Å². The molecule has 0 saturated heterocycles. The zero-order valence-electron chi connectivity index (χ0n) is 10.6. The molecular formula is C15H10F2N2O. The predicted molar refractivity (Wildman–Crippen MR) is 70.2 cm³/mol. The van der Waals surface area contributed by atoms with E-state index < -0.39 is 23.1 Å². The van der Waals surface area contributed by atoms with Crippen molar-refractivity contribution in [2.24, 2.45) is 0 Å². The van der Waals surface area contributed by atoms with E-state index in [4.69, 9.17) is 5.26 Å². The summed E-state index contributed by atoms with van der Waals surface area (Å²) in [7, 11) is 0. The zero-order chi connectivity index (χ0) is 14.7. The van der Waals surface area contributed by atoms with Crippen LogP contribution in [0.3, 0.4) is 0 Å². The van der Waals surface area contributed by atoms with Gasteiger partial charge in [0.05, 0.1) is 11.6 Å². The highest BCUT2D eigenvalue weighted by atomic mass is 19.1. The quantitative estimate of drug-likeness (QED) is 0.911. The molecule has 0 atom stereocenters. The third-order valence-corrected chi connectivity index (χ3v) is 2.80. The molecule has 0 fully saturated rings. The van der Waals surface area contributed by atoms with Gasteiger partial charge in [-0.15, -0.1) is 0 Å². The first-order valence-corrected chi connectivity index (χ1v) is 5.79. The van der Waals surface area contributed by atoms with Gasteiger partial charge in [0, 0.05) is 5.69 Å². The molecule has 20 heavy (non-hydrogen) atoms. The lowest BCUT2D eigenvalue weighted by atomic mass is 10.1. The Morgan fingerprint density at radius 2 is 1.85 bits per heavy atom. The molecule has 0 aliphatic rings. The number of carbonyl (C=O) groups excluding carboxylic acids is 1. The number of carbonyl (C=O) groups is 1. The van der Waals surface area contributed by atoms with Crippen molar-refractivity contribution in [3.05, 3.63) is 64.7 Å². The second-order valence-electron chi connectivity index (χ2n) is 4.19. The van der Waals surface area contributed by atoms with Crippen LogP contribution in [0.1, 0.15) is 21.5 Å². The summed E-state index contributed by atoms with van der Waals surface area (Å²) in [4.78, 5) is 11.9. The van der Waals surface area contributed by atoms with Gasteiger partial charge in [0.25, 0.3) is 5.91 Å². The summed E-state index contributed by atoms with van der Waals surface area (Å²) >= 11 is 0. The van der Waals surface area contributed by atoms with Crippen molar-refractivity contribution in [1.29, 1.82) is 5.26 Å². The van der Waals surface area contributed by atoms with E-state index in [0.29, 0.717) is 16.8 Å². The topological polar surface area (TPSA) is 52.9 Å². The number of hydrogen-bond acceptors (Lipinski definition) is 2. The van der Waals surface area contributed by atoms with Crippen LogP contribution in [-0.4, -0.2) is 5.91 Å². The summed E-state index contributed by atoms with van der Waals surface area (Å²) in [6, 6.07) is 9.82. The minimum Gasteiger partial charge on any atom is -0.322 e. The van der Waals surface area contributed by atoms with Gasteiger partial charge in [0.2, 0.25) is 0 Å². The Kier molecular flexibility index (Phi) is 3.76. The van der Waals surface area contributed by atoms with Crippen LogP contribution in [0.25, 0.3) is 0 Å². The lowest BCUT2D eigenvalue weighted by Crippen LogP contribution is -2.16. The van der Waals surface area contributed by atoms with Gasteiger partial charge in [0.15, 0.2) is 0 Å². The zero-order valence-corrected chi connectivity index (χ0v) is 10.6. The van der Waals surface area contributed by atoms with Gasteiger partial charge in [-0.2, -0.15) is 5.26 Å². The predicted octanol–water partition coefficient (Wildman–Crippen LogP) is 3.40. The maximum absolute atomic E-state index is 13.5. The van der Waals surface area contributed by atoms with Gasteiger partial charge in [-0.1, -0.05) is 12.1 Å². The van der Waals surface area contributed by atoms with Crippen molar-refractivity contribution in [3.63, 3.8) is 0 Å². The highest BCUT2D eigenvalue weighted by molar-refractivity contribution is 6.05. The van der Waals surface area contributed by atoms with E-state index in [1.165, 1.54) is 12.1 Å². The molecule has 2 aromatic rings. The number of anilines is 1. The number of nitrogens with one attached hydrogen (secondary N) is 1. The van der Waals surface area contributed by atoms with Crippen LogP contribution in [-0.2, 0) is 0 Å². The number of amides is 1. The number of halogens is 2. The minimum absolute atomic E-state index is 0.344. The fourth-order valence-electron chi connectivity index (χ4n) is 1.73. The molecule has 2 aromatic carbocycles. The van der Waals surface area contributed by atoms with Crippen molar-refractivity contribution < 1.29 is 13.6 Å². The number of benzene rings is 2. The summed E-state index contributed by atoms with van der Waals surface area (Å²) in [5.41, 5.74) is 0.736. The first-order valence-electron chi connectivity index (χ1n) is 5.79. The van der Waals surface area contributed by atoms with E-state index in [9.17, 15) is 13.6 Å². The van der Waals surface area contributed by atoms with Crippen LogP contribution in [0.2, 0.25) is 0 Å². The smallest absolute Gasteiger partial charge is 0.261 e. The number of aryl methyl sites for hydroxylation is 1. The molecule has 0 radical (unpaired) electrons. The Morgan fingerprint density at radius 1 is 1.20 bits per heavy atom. The summed E-state index contributed by atoms with van der Waals surface area (Å²) in [6.07, 6.45) is 0. The number of nitrogens with zero attached hydrogens (tertiary/aromatic N) is 1. The van der Waals surface area contributed by atoms with Crippen molar-refractivity contribution in [3.8, 4) is 6.07 Å². The molecule has 1 amide bonds. The molecule has 0 bridgehead atoms. The lowest BCUT2D eigenvalue weighted by molar-refractivity contribution is 0.101. The third-order valence-electron chi connectivity index (χ3n) is 2.80. The summed E-state index contributed by atoms with van der Waals surface area (Å²) in [6.45, 7) is 1.72. The molecule has 1 N–H and O–H groups in total. The third kappa shape index (κ3) is 2.64. The van der Waals surface area contributed by atoms with Gasteiger partial charge in [-0.3, -0.25) is 4.79 Å². The Morgan fingerprint density at radius 3 is 2.45 bits per heavy atom. The Labute approximate surface area is 114 Å². The van der Waals surface area contributed by atoms with Crippen LogP contribution < -0.4 is 5.32 Å². The minimum atomic E-state index is -0.934. The fraction of sp³-hybridized carbons (Fsp3) is 0.0667. The highest BCUT2D eigenvalue weighted by Crippen LogP contribution is 2.19. The first-order chi connectivity index (χ1) is 9.52. The van der Waals surface area contributed by atoms with Gasteiger partial charge in [-0.25, -0.2) is 8.78 Å². The van der Waals surface area contributed by atoms with Gasteiger partial charge >= 0.3 is 0 Å². The molecule has 0 unspecified atom stereocenters. The van der Waals surface area contributed by atoms with Crippen LogP contribution in [0.5, 0.6) is 0 Å². The molecular weight excluding hydrogens is 262 g/mol. The van der Waals surface area contributed by atoms with Gasteiger partial charge < -0.3 is 5.32 Å².